The molecule has 1 rings (SSSR count). The molecule has 1 aromatic heterocycles. The van der Waals surface area contributed by atoms with E-state index >= 15 is 0 Å². The molecule has 0 aliphatic heterocycles. The Morgan fingerprint density at radius 3 is 2.37 bits per heavy atom. The Kier molecular flexibility index (Phi) is 6.56. The van der Waals surface area contributed by atoms with Crippen molar-refractivity contribution in [2.24, 2.45) is 13.0 Å². The third-order valence-corrected chi connectivity index (χ3v) is 4.17. The first-order valence-electron chi connectivity index (χ1n) is 7.73. The van der Waals surface area contributed by atoms with Gasteiger partial charge in [-0.1, -0.05) is 27.2 Å². The van der Waals surface area contributed by atoms with Crippen molar-refractivity contribution in [3.8, 4) is 0 Å². The predicted molar refractivity (Wildman–Crippen MR) is 82.5 cm³/mol. The first kappa shape index (κ1) is 16.2. The Morgan fingerprint density at radius 2 is 1.89 bits per heavy atom. The van der Waals surface area contributed by atoms with Gasteiger partial charge >= 0.3 is 0 Å². The minimum atomic E-state index is 0.571. The lowest BCUT2D eigenvalue weighted by molar-refractivity contribution is 0.351. The van der Waals surface area contributed by atoms with Gasteiger partial charge in [-0.25, -0.2) is 0 Å². The third kappa shape index (κ3) is 4.34. The molecule has 1 aromatic rings. The number of rotatable bonds is 8. The van der Waals surface area contributed by atoms with E-state index in [-0.39, 0.29) is 0 Å². The standard InChI is InChI=1S/C16H31N3/c1-7-9-12(3)16(17-10-8-2)11-15-13(4)18-19(6)14(15)5/h12,16-17H,7-11H2,1-6H3. The van der Waals surface area contributed by atoms with Crippen molar-refractivity contribution in [2.45, 2.75) is 66.3 Å². The highest BCUT2D eigenvalue weighted by Gasteiger charge is 2.20. The number of nitrogens with one attached hydrogen (secondary N) is 1. The van der Waals surface area contributed by atoms with Crippen molar-refractivity contribution in [1.82, 2.24) is 15.1 Å². The van der Waals surface area contributed by atoms with E-state index in [4.69, 9.17) is 0 Å². The van der Waals surface area contributed by atoms with Gasteiger partial charge in [0.1, 0.15) is 0 Å². The summed E-state index contributed by atoms with van der Waals surface area (Å²) in [5, 5.41) is 8.27. The van der Waals surface area contributed by atoms with Crippen LogP contribution in [0.15, 0.2) is 0 Å². The van der Waals surface area contributed by atoms with Crippen LogP contribution in [0.25, 0.3) is 0 Å². The van der Waals surface area contributed by atoms with E-state index in [1.165, 1.54) is 36.2 Å². The molecule has 0 spiro atoms. The number of nitrogens with zero attached hydrogens (tertiary/aromatic N) is 2. The van der Waals surface area contributed by atoms with Crippen molar-refractivity contribution >= 4 is 0 Å². The second-order valence-electron chi connectivity index (χ2n) is 5.80. The summed E-state index contributed by atoms with van der Waals surface area (Å²) in [6.07, 6.45) is 4.85. The SMILES string of the molecule is CCCNC(Cc1c(C)nn(C)c1C)C(C)CCC. The van der Waals surface area contributed by atoms with E-state index in [0.717, 1.165) is 18.9 Å². The molecule has 0 amide bonds. The minimum absolute atomic E-state index is 0.571. The van der Waals surface area contributed by atoms with Gasteiger partial charge in [0.25, 0.3) is 0 Å². The van der Waals surface area contributed by atoms with E-state index in [1.54, 1.807) is 0 Å². The fraction of sp³-hybridized carbons (Fsp3) is 0.812. The fourth-order valence-corrected chi connectivity index (χ4v) is 2.79. The Balaban J connectivity index is 2.80. The molecule has 0 aromatic carbocycles. The summed E-state index contributed by atoms with van der Waals surface area (Å²) in [5.74, 6) is 0.718. The van der Waals surface area contributed by atoms with Crippen LogP contribution in [0.5, 0.6) is 0 Å². The van der Waals surface area contributed by atoms with E-state index in [2.05, 4.69) is 45.0 Å². The molecular formula is C16H31N3. The van der Waals surface area contributed by atoms with Gasteiger partial charge in [0.05, 0.1) is 5.69 Å². The Bertz CT molecular complexity index is 382. The van der Waals surface area contributed by atoms with Gasteiger partial charge in [0, 0.05) is 18.8 Å². The Hall–Kier alpha value is -0.830. The zero-order chi connectivity index (χ0) is 14.4. The average molecular weight is 265 g/mol. The summed E-state index contributed by atoms with van der Waals surface area (Å²) in [5.41, 5.74) is 3.93. The van der Waals surface area contributed by atoms with Gasteiger partial charge in [-0.2, -0.15) is 5.10 Å². The molecule has 1 heterocycles. The van der Waals surface area contributed by atoms with E-state index < -0.39 is 0 Å². The highest BCUT2D eigenvalue weighted by Crippen LogP contribution is 2.20. The smallest absolute Gasteiger partial charge is 0.0628 e. The van der Waals surface area contributed by atoms with Crippen molar-refractivity contribution < 1.29 is 0 Å². The second-order valence-corrected chi connectivity index (χ2v) is 5.80. The van der Waals surface area contributed by atoms with Crippen molar-refractivity contribution in [1.29, 1.82) is 0 Å². The molecule has 0 saturated carbocycles. The number of aromatic nitrogens is 2. The highest BCUT2D eigenvalue weighted by molar-refractivity contribution is 5.25. The number of hydrogen-bond acceptors (Lipinski definition) is 2. The summed E-state index contributed by atoms with van der Waals surface area (Å²) in [6, 6.07) is 0.571. The number of aryl methyl sites for hydroxylation is 2. The van der Waals surface area contributed by atoms with Gasteiger partial charge in [-0.3, -0.25) is 4.68 Å². The molecule has 3 heteroatoms. The number of hydrogen-bond donors (Lipinski definition) is 1. The summed E-state index contributed by atoms with van der Waals surface area (Å²) < 4.78 is 2.01. The van der Waals surface area contributed by atoms with Crippen LogP contribution in [0.3, 0.4) is 0 Å². The zero-order valence-electron chi connectivity index (χ0n) is 13.6. The lowest BCUT2D eigenvalue weighted by Gasteiger charge is -2.25. The lowest BCUT2D eigenvalue weighted by atomic mass is 9.90. The first-order valence-corrected chi connectivity index (χ1v) is 7.73. The molecule has 1 N–H and O–H groups in total. The van der Waals surface area contributed by atoms with Gasteiger partial charge in [-0.15, -0.1) is 0 Å². The maximum Gasteiger partial charge on any atom is 0.0628 e. The van der Waals surface area contributed by atoms with Gasteiger partial charge in [0.2, 0.25) is 0 Å². The topological polar surface area (TPSA) is 29.9 Å². The maximum atomic E-state index is 4.54. The summed E-state index contributed by atoms with van der Waals surface area (Å²) in [7, 11) is 2.04. The normalized spacial score (nSPS) is 14.6. The minimum Gasteiger partial charge on any atom is -0.313 e. The Labute approximate surface area is 118 Å². The second kappa shape index (κ2) is 7.68. The van der Waals surface area contributed by atoms with Crippen LogP contribution in [-0.4, -0.2) is 22.4 Å². The van der Waals surface area contributed by atoms with Crippen LogP contribution in [0.2, 0.25) is 0 Å². The van der Waals surface area contributed by atoms with Crippen LogP contribution in [0.1, 0.15) is 57.0 Å². The van der Waals surface area contributed by atoms with Crippen molar-refractivity contribution in [3.05, 3.63) is 17.0 Å². The summed E-state index contributed by atoms with van der Waals surface area (Å²) in [4.78, 5) is 0. The zero-order valence-corrected chi connectivity index (χ0v) is 13.6. The molecule has 3 nitrogen and oxygen atoms in total. The van der Waals surface area contributed by atoms with E-state index in [1.807, 2.05) is 11.7 Å². The van der Waals surface area contributed by atoms with Gasteiger partial charge < -0.3 is 5.32 Å². The molecule has 2 atom stereocenters. The van der Waals surface area contributed by atoms with Crippen LogP contribution >= 0.6 is 0 Å². The Morgan fingerprint density at radius 1 is 1.21 bits per heavy atom. The van der Waals surface area contributed by atoms with Gasteiger partial charge in [0.15, 0.2) is 0 Å². The fourth-order valence-electron chi connectivity index (χ4n) is 2.79. The molecule has 0 saturated heterocycles. The first-order chi connectivity index (χ1) is 9.01. The monoisotopic (exact) mass is 265 g/mol. The van der Waals surface area contributed by atoms with E-state index in [9.17, 15) is 0 Å². The van der Waals surface area contributed by atoms with Crippen LogP contribution < -0.4 is 5.32 Å². The van der Waals surface area contributed by atoms with Crippen LogP contribution in [0, 0.1) is 19.8 Å². The lowest BCUT2D eigenvalue weighted by Crippen LogP contribution is -2.37. The summed E-state index contributed by atoms with van der Waals surface area (Å²) >= 11 is 0. The maximum absolute atomic E-state index is 4.54. The van der Waals surface area contributed by atoms with Gasteiger partial charge in [-0.05, 0) is 51.1 Å². The molecular weight excluding hydrogens is 234 g/mol. The molecule has 2 unspecified atom stereocenters. The molecule has 0 fully saturated rings. The van der Waals surface area contributed by atoms with Crippen LogP contribution in [0.4, 0.5) is 0 Å². The third-order valence-electron chi connectivity index (χ3n) is 4.17. The van der Waals surface area contributed by atoms with E-state index in [0.29, 0.717) is 6.04 Å². The average Bonchev–Trinajstić information content (AvgIpc) is 2.60. The van der Waals surface area contributed by atoms with Crippen molar-refractivity contribution in [3.63, 3.8) is 0 Å². The molecule has 110 valence electrons. The molecule has 0 bridgehead atoms. The molecule has 19 heavy (non-hydrogen) atoms. The van der Waals surface area contributed by atoms with Crippen LogP contribution in [-0.2, 0) is 13.5 Å². The molecule has 0 radical (unpaired) electrons. The quantitative estimate of drug-likeness (QED) is 0.781. The molecule has 0 aliphatic carbocycles. The predicted octanol–water partition coefficient (Wildman–Crippen LogP) is 3.38. The molecule has 0 aliphatic rings. The largest absolute Gasteiger partial charge is 0.313 e. The van der Waals surface area contributed by atoms with Crippen molar-refractivity contribution in [2.75, 3.05) is 6.54 Å². The summed E-state index contributed by atoms with van der Waals surface area (Å²) in [6.45, 7) is 12.3. The highest BCUT2D eigenvalue weighted by atomic mass is 15.3.